The summed E-state index contributed by atoms with van der Waals surface area (Å²) in [6.45, 7) is 7.21. The second-order valence-corrected chi connectivity index (χ2v) is 7.81. The Labute approximate surface area is 151 Å². The fourth-order valence-corrected chi connectivity index (χ4v) is 3.41. The summed E-state index contributed by atoms with van der Waals surface area (Å²) in [5.74, 6) is 0. The Morgan fingerprint density at radius 1 is 0.920 bits per heavy atom. The van der Waals surface area contributed by atoms with Gasteiger partial charge in [-0.1, -0.05) is 38.2 Å². The highest BCUT2D eigenvalue weighted by molar-refractivity contribution is 5.37. The lowest BCUT2D eigenvalue weighted by atomic mass is 9.91. The molecule has 0 saturated carbocycles. The van der Waals surface area contributed by atoms with Gasteiger partial charge in [0.1, 0.15) is 0 Å². The molecule has 2 fully saturated rings. The Morgan fingerprint density at radius 2 is 1.52 bits per heavy atom. The second-order valence-electron chi connectivity index (χ2n) is 7.81. The van der Waals surface area contributed by atoms with Crippen LogP contribution in [0.4, 0.5) is 0 Å². The molecule has 3 rings (SSSR count). The van der Waals surface area contributed by atoms with Crippen LogP contribution in [-0.4, -0.2) is 39.0 Å². The first-order valence-corrected chi connectivity index (χ1v) is 9.69. The zero-order valence-corrected chi connectivity index (χ0v) is 15.7. The largest absolute Gasteiger partial charge is 0.353 e. The molecule has 0 aromatic carbocycles. The van der Waals surface area contributed by atoms with Gasteiger partial charge in [-0.3, -0.25) is 0 Å². The van der Waals surface area contributed by atoms with Crippen LogP contribution in [0.15, 0.2) is 35.5 Å². The first-order chi connectivity index (χ1) is 12.1. The van der Waals surface area contributed by atoms with Crippen molar-refractivity contribution in [2.24, 2.45) is 5.41 Å². The molecule has 2 unspecified atom stereocenters. The first kappa shape index (κ1) is 18.8. The highest BCUT2D eigenvalue weighted by atomic mass is 16.7. The quantitative estimate of drug-likeness (QED) is 0.707. The van der Waals surface area contributed by atoms with Gasteiger partial charge in [0.15, 0.2) is 12.6 Å². The lowest BCUT2D eigenvalue weighted by Crippen LogP contribution is -2.23. The molecule has 0 N–H and O–H groups in total. The molecule has 2 heterocycles. The fourth-order valence-electron chi connectivity index (χ4n) is 3.41. The van der Waals surface area contributed by atoms with Crippen molar-refractivity contribution in [1.82, 2.24) is 0 Å². The molecular formula is C21H32O4. The van der Waals surface area contributed by atoms with E-state index in [1.165, 1.54) is 24.0 Å². The standard InChI is InChI=1S/C21H32O4/c1-21(2)10-9-17(15-24-19-7-3-5-11-22-19)13-18(14-21)16-25-20-8-4-6-12-23-20/h9-10,13-14,19-20H,3-8,11-12,15-16H2,1-2H3. The van der Waals surface area contributed by atoms with Crippen LogP contribution in [-0.2, 0) is 18.9 Å². The summed E-state index contributed by atoms with van der Waals surface area (Å²) >= 11 is 0. The van der Waals surface area contributed by atoms with Crippen molar-refractivity contribution < 1.29 is 18.9 Å². The van der Waals surface area contributed by atoms with Gasteiger partial charge in [-0.25, -0.2) is 0 Å². The molecule has 4 nitrogen and oxygen atoms in total. The van der Waals surface area contributed by atoms with Crippen molar-refractivity contribution in [2.45, 2.75) is 65.0 Å². The zero-order valence-electron chi connectivity index (χ0n) is 15.7. The van der Waals surface area contributed by atoms with Crippen molar-refractivity contribution in [2.75, 3.05) is 26.4 Å². The van der Waals surface area contributed by atoms with Crippen molar-refractivity contribution in [3.05, 3.63) is 35.5 Å². The van der Waals surface area contributed by atoms with E-state index in [1.54, 1.807) is 0 Å². The van der Waals surface area contributed by atoms with Crippen LogP contribution in [0.3, 0.4) is 0 Å². The Balaban J connectivity index is 1.57. The van der Waals surface area contributed by atoms with Crippen LogP contribution in [0, 0.1) is 5.41 Å². The molecule has 2 saturated heterocycles. The highest BCUT2D eigenvalue weighted by Gasteiger charge is 2.19. The maximum absolute atomic E-state index is 5.99. The Kier molecular flexibility index (Phi) is 6.88. The minimum absolute atomic E-state index is 0.00566. The van der Waals surface area contributed by atoms with E-state index in [2.05, 4.69) is 38.2 Å². The SMILES string of the molecule is CC1(C)C=CC(COC2CCCCO2)=CC(COC2CCCCO2)=C1. The molecule has 2 atom stereocenters. The molecular weight excluding hydrogens is 316 g/mol. The summed E-state index contributed by atoms with van der Waals surface area (Å²) in [5.41, 5.74) is 2.36. The zero-order chi connectivity index (χ0) is 17.5. The summed E-state index contributed by atoms with van der Waals surface area (Å²) in [4.78, 5) is 0. The molecule has 4 heteroatoms. The van der Waals surface area contributed by atoms with Crippen LogP contribution in [0.1, 0.15) is 52.4 Å². The van der Waals surface area contributed by atoms with Crippen molar-refractivity contribution in [3.63, 3.8) is 0 Å². The van der Waals surface area contributed by atoms with Gasteiger partial charge in [0, 0.05) is 18.6 Å². The van der Waals surface area contributed by atoms with Crippen LogP contribution in [0.2, 0.25) is 0 Å². The van der Waals surface area contributed by atoms with E-state index in [9.17, 15) is 0 Å². The third-order valence-corrected chi connectivity index (χ3v) is 4.80. The third-order valence-electron chi connectivity index (χ3n) is 4.80. The molecule has 0 radical (unpaired) electrons. The predicted octanol–water partition coefficient (Wildman–Crippen LogP) is 4.52. The summed E-state index contributed by atoms with van der Waals surface area (Å²) in [6.07, 6.45) is 15.4. The molecule has 0 aromatic rings. The summed E-state index contributed by atoms with van der Waals surface area (Å²) in [6, 6.07) is 0. The van der Waals surface area contributed by atoms with E-state index in [-0.39, 0.29) is 18.0 Å². The Hall–Kier alpha value is -0.940. The van der Waals surface area contributed by atoms with E-state index in [0.717, 1.165) is 38.9 Å². The van der Waals surface area contributed by atoms with Gasteiger partial charge in [-0.15, -0.1) is 0 Å². The average Bonchev–Trinajstić information content (AvgIpc) is 2.78. The van der Waals surface area contributed by atoms with E-state index in [4.69, 9.17) is 18.9 Å². The average molecular weight is 348 g/mol. The van der Waals surface area contributed by atoms with Gasteiger partial charge >= 0.3 is 0 Å². The second kappa shape index (κ2) is 9.13. The predicted molar refractivity (Wildman–Crippen MR) is 98.2 cm³/mol. The van der Waals surface area contributed by atoms with E-state index >= 15 is 0 Å². The molecule has 1 aliphatic carbocycles. The van der Waals surface area contributed by atoms with Crippen molar-refractivity contribution >= 4 is 0 Å². The number of rotatable bonds is 6. The summed E-state index contributed by atoms with van der Waals surface area (Å²) < 4.78 is 23.3. The van der Waals surface area contributed by atoms with Crippen LogP contribution >= 0.6 is 0 Å². The summed E-state index contributed by atoms with van der Waals surface area (Å²) in [7, 11) is 0. The molecule has 0 spiro atoms. The first-order valence-electron chi connectivity index (χ1n) is 9.69. The third kappa shape index (κ3) is 6.37. The van der Waals surface area contributed by atoms with Gasteiger partial charge in [0.05, 0.1) is 13.2 Å². The van der Waals surface area contributed by atoms with E-state index in [0.29, 0.717) is 13.2 Å². The molecule has 0 aromatic heterocycles. The van der Waals surface area contributed by atoms with Crippen LogP contribution in [0.25, 0.3) is 0 Å². The minimum atomic E-state index is -0.0577. The normalized spacial score (nSPS) is 29.7. The minimum Gasteiger partial charge on any atom is -0.353 e. The van der Waals surface area contributed by atoms with Crippen LogP contribution in [0.5, 0.6) is 0 Å². The highest BCUT2D eigenvalue weighted by Crippen LogP contribution is 2.27. The maximum Gasteiger partial charge on any atom is 0.158 e. The molecule has 0 bridgehead atoms. The molecule has 25 heavy (non-hydrogen) atoms. The van der Waals surface area contributed by atoms with E-state index in [1.807, 2.05) is 0 Å². The molecule has 140 valence electrons. The monoisotopic (exact) mass is 348 g/mol. The lowest BCUT2D eigenvalue weighted by Gasteiger charge is -2.24. The Bertz CT molecular complexity index is 506. The van der Waals surface area contributed by atoms with Crippen molar-refractivity contribution in [3.8, 4) is 0 Å². The van der Waals surface area contributed by atoms with Gasteiger partial charge in [0.25, 0.3) is 0 Å². The number of ether oxygens (including phenoxy) is 4. The maximum atomic E-state index is 5.99. The van der Waals surface area contributed by atoms with Crippen LogP contribution < -0.4 is 0 Å². The molecule has 2 aliphatic heterocycles. The van der Waals surface area contributed by atoms with E-state index < -0.39 is 0 Å². The summed E-state index contributed by atoms with van der Waals surface area (Å²) in [5, 5.41) is 0. The molecule has 3 aliphatic rings. The van der Waals surface area contributed by atoms with Gasteiger partial charge < -0.3 is 18.9 Å². The van der Waals surface area contributed by atoms with Gasteiger partial charge in [-0.05, 0) is 49.7 Å². The fraction of sp³-hybridized carbons (Fsp3) is 0.714. The number of hydrogen-bond donors (Lipinski definition) is 0. The van der Waals surface area contributed by atoms with Gasteiger partial charge in [-0.2, -0.15) is 0 Å². The lowest BCUT2D eigenvalue weighted by molar-refractivity contribution is -0.157. The Morgan fingerprint density at radius 3 is 2.08 bits per heavy atom. The van der Waals surface area contributed by atoms with Crippen molar-refractivity contribution in [1.29, 1.82) is 0 Å². The topological polar surface area (TPSA) is 36.9 Å². The number of hydrogen-bond acceptors (Lipinski definition) is 4. The smallest absolute Gasteiger partial charge is 0.158 e. The van der Waals surface area contributed by atoms with Gasteiger partial charge in [0.2, 0.25) is 0 Å². The number of allylic oxidation sites excluding steroid dienone is 2. The molecule has 0 amide bonds.